The van der Waals surface area contributed by atoms with Crippen LogP contribution >= 0.6 is 0 Å². The third-order valence-electron chi connectivity index (χ3n) is 4.21. The molecule has 3 rings (SSSR count). The van der Waals surface area contributed by atoms with Crippen molar-refractivity contribution in [2.75, 3.05) is 20.3 Å². The molecular weight excluding hydrogens is 297 g/mol. The Balaban J connectivity index is 1.91. The summed E-state index contributed by atoms with van der Waals surface area (Å²) in [6.07, 6.45) is 1.79. The van der Waals surface area contributed by atoms with E-state index in [-0.39, 0.29) is 17.4 Å². The largest absolute Gasteiger partial charge is 0.384 e. The first-order valence-electron chi connectivity index (χ1n) is 7.73. The Morgan fingerprint density at radius 1 is 1.43 bits per heavy atom. The van der Waals surface area contributed by atoms with Crippen molar-refractivity contribution in [3.63, 3.8) is 0 Å². The lowest BCUT2D eigenvalue weighted by Gasteiger charge is -2.33. The van der Waals surface area contributed by atoms with Crippen molar-refractivity contribution in [3.8, 4) is 0 Å². The fraction of sp³-hybridized carbons (Fsp3) is 0.412. The Morgan fingerprint density at radius 2 is 2.22 bits per heavy atom. The summed E-state index contributed by atoms with van der Waals surface area (Å²) in [6.45, 7) is 4.26. The van der Waals surface area contributed by atoms with Crippen molar-refractivity contribution in [3.05, 3.63) is 53.1 Å². The predicted octanol–water partition coefficient (Wildman–Crippen LogP) is 2.43. The van der Waals surface area contributed by atoms with Gasteiger partial charge < -0.3 is 9.64 Å². The molecule has 0 bridgehead atoms. The Bertz CT molecular complexity index is 714. The van der Waals surface area contributed by atoms with E-state index in [1.165, 1.54) is 12.1 Å². The molecule has 6 heteroatoms. The maximum Gasteiger partial charge on any atom is 0.257 e. The number of carbonyl (C=O) groups is 1. The van der Waals surface area contributed by atoms with Gasteiger partial charge in [-0.3, -0.25) is 9.48 Å². The molecule has 0 spiro atoms. The number of carbonyl (C=O) groups excluding carboxylic acids is 1. The number of nitrogens with zero attached hydrogens (tertiary/aromatic N) is 3. The molecule has 1 atom stereocenters. The molecule has 2 heterocycles. The van der Waals surface area contributed by atoms with E-state index < -0.39 is 5.82 Å². The molecule has 1 amide bonds. The third kappa shape index (κ3) is 2.86. The SMILES string of the molecule is CCn1ncc2c1C(COC)CN(C(=O)c1ccccc1F)C2. The summed E-state index contributed by atoms with van der Waals surface area (Å²) >= 11 is 0. The number of hydrogen-bond acceptors (Lipinski definition) is 3. The van der Waals surface area contributed by atoms with Crippen LogP contribution in [-0.2, 0) is 17.8 Å². The summed E-state index contributed by atoms with van der Waals surface area (Å²) < 4.78 is 21.2. The summed E-state index contributed by atoms with van der Waals surface area (Å²) in [7, 11) is 1.64. The zero-order chi connectivity index (χ0) is 16.4. The molecule has 0 N–H and O–H groups in total. The number of rotatable bonds is 4. The minimum Gasteiger partial charge on any atom is -0.384 e. The van der Waals surface area contributed by atoms with Gasteiger partial charge in [0.2, 0.25) is 0 Å². The van der Waals surface area contributed by atoms with Crippen LogP contribution in [0.3, 0.4) is 0 Å². The van der Waals surface area contributed by atoms with E-state index in [0.29, 0.717) is 19.7 Å². The molecule has 2 aromatic rings. The van der Waals surface area contributed by atoms with Crippen molar-refractivity contribution in [1.82, 2.24) is 14.7 Å². The topological polar surface area (TPSA) is 47.4 Å². The first-order valence-corrected chi connectivity index (χ1v) is 7.73. The second-order valence-corrected chi connectivity index (χ2v) is 5.69. The number of benzene rings is 1. The molecule has 0 saturated heterocycles. The number of aryl methyl sites for hydroxylation is 1. The van der Waals surface area contributed by atoms with E-state index in [1.807, 2.05) is 11.6 Å². The molecule has 5 nitrogen and oxygen atoms in total. The van der Waals surface area contributed by atoms with E-state index in [0.717, 1.165) is 17.8 Å². The van der Waals surface area contributed by atoms with Crippen LogP contribution < -0.4 is 0 Å². The van der Waals surface area contributed by atoms with Gasteiger partial charge in [-0.25, -0.2) is 4.39 Å². The second-order valence-electron chi connectivity index (χ2n) is 5.69. The van der Waals surface area contributed by atoms with E-state index >= 15 is 0 Å². The number of halogens is 1. The van der Waals surface area contributed by atoms with Crippen LogP contribution in [0.15, 0.2) is 30.5 Å². The number of fused-ring (bicyclic) bond motifs is 1. The molecule has 23 heavy (non-hydrogen) atoms. The van der Waals surface area contributed by atoms with E-state index in [4.69, 9.17) is 4.74 Å². The normalized spacial score (nSPS) is 17.2. The minimum absolute atomic E-state index is 0.0434. The fourth-order valence-corrected chi connectivity index (χ4v) is 3.20. The highest BCUT2D eigenvalue weighted by Crippen LogP contribution is 2.29. The summed E-state index contributed by atoms with van der Waals surface area (Å²) in [5, 5.41) is 4.38. The van der Waals surface area contributed by atoms with Gasteiger partial charge in [-0.15, -0.1) is 0 Å². The van der Waals surface area contributed by atoms with Crippen LogP contribution in [-0.4, -0.2) is 40.8 Å². The van der Waals surface area contributed by atoms with Crippen LogP contribution in [0.1, 0.15) is 34.5 Å². The number of aromatic nitrogens is 2. The highest BCUT2D eigenvalue weighted by molar-refractivity contribution is 5.94. The lowest BCUT2D eigenvalue weighted by molar-refractivity contribution is 0.0671. The number of hydrogen-bond donors (Lipinski definition) is 0. The molecule has 122 valence electrons. The van der Waals surface area contributed by atoms with Gasteiger partial charge in [-0.1, -0.05) is 12.1 Å². The zero-order valence-electron chi connectivity index (χ0n) is 13.3. The van der Waals surface area contributed by atoms with Gasteiger partial charge in [0, 0.05) is 38.2 Å². The Hall–Kier alpha value is -2.21. The van der Waals surface area contributed by atoms with Crippen LogP contribution in [0.5, 0.6) is 0 Å². The van der Waals surface area contributed by atoms with Gasteiger partial charge in [0.05, 0.1) is 24.1 Å². The quantitative estimate of drug-likeness (QED) is 0.870. The average molecular weight is 317 g/mol. The fourth-order valence-electron chi connectivity index (χ4n) is 3.20. The van der Waals surface area contributed by atoms with Gasteiger partial charge in [-0.2, -0.15) is 5.10 Å². The lowest BCUT2D eigenvalue weighted by atomic mass is 9.96. The number of ether oxygens (including phenoxy) is 1. The molecule has 1 aliphatic rings. The van der Waals surface area contributed by atoms with Gasteiger partial charge in [0.25, 0.3) is 5.91 Å². The average Bonchev–Trinajstić information content (AvgIpc) is 2.98. The first-order chi connectivity index (χ1) is 11.2. The smallest absolute Gasteiger partial charge is 0.257 e. The minimum atomic E-state index is -0.490. The van der Waals surface area contributed by atoms with E-state index in [2.05, 4.69) is 5.10 Å². The summed E-state index contributed by atoms with van der Waals surface area (Å²) in [4.78, 5) is 14.3. The molecule has 0 aliphatic carbocycles. The zero-order valence-corrected chi connectivity index (χ0v) is 13.3. The number of amides is 1. The van der Waals surface area contributed by atoms with Crippen LogP contribution in [0, 0.1) is 5.82 Å². The second kappa shape index (κ2) is 6.50. The molecular formula is C17H20FN3O2. The van der Waals surface area contributed by atoms with Gasteiger partial charge >= 0.3 is 0 Å². The van der Waals surface area contributed by atoms with Crippen LogP contribution in [0.4, 0.5) is 4.39 Å². The summed E-state index contributed by atoms with van der Waals surface area (Å²) in [5.41, 5.74) is 2.23. The van der Waals surface area contributed by atoms with Crippen molar-refractivity contribution in [2.24, 2.45) is 0 Å². The summed E-state index contributed by atoms with van der Waals surface area (Å²) in [6, 6.07) is 6.09. The van der Waals surface area contributed by atoms with Crippen LogP contribution in [0.2, 0.25) is 0 Å². The lowest BCUT2D eigenvalue weighted by Crippen LogP contribution is -2.40. The Kier molecular flexibility index (Phi) is 4.43. The van der Waals surface area contributed by atoms with Gasteiger partial charge in [0.15, 0.2) is 0 Å². The Morgan fingerprint density at radius 3 is 2.91 bits per heavy atom. The van der Waals surface area contributed by atoms with Crippen molar-refractivity contribution in [2.45, 2.75) is 25.9 Å². The first kappa shape index (κ1) is 15.7. The van der Waals surface area contributed by atoms with Crippen molar-refractivity contribution in [1.29, 1.82) is 0 Å². The van der Waals surface area contributed by atoms with Gasteiger partial charge in [0.1, 0.15) is 5.82 Å². The predicted molar refractivity (Wildman–Crippen MR) is 83.7 cm³/mol. The maximum atomic E-state index is 13.9. The van der Waals surface area contributed by atoms with Crippen molar-refractivity contribution >= 4 is 5.91 Å². The molecule has 1 aromatic heterocycles. The monoisotopic (exact) mass is 317 g/mol. The maximum absolute atomic E-state index is 13.9. The standard InChI is InChI=1S/C17H20FN3O2/c1-3-21-16-12(8-19-21)9-20(10-13(16)11-23-2)17(22)14-6-4-5-7-15(14)18/h4-8,13H,3,9-11H2,1-2H3. The Labute approximate surface area is 134 Å². The highest BCUT2D eigenvalue weighted by atomic mass is 19.1. The van der Waals surface area contributed by atoms with E-state index in [1.54, 1.807) is 30.3 Å². The molecule has 1 unspecified atom stereocenters. The molecule has 0 saturated carbocycles. The molecule has 1 aromatic carbocycles. The summed E-state index contributed by atoms with van der Waals surface area (Å²) in [5.74, 6) is -0.739. The molecule has 0 radical (unpaired) electrons. The number of methoxy groups -OCH3 is 1. The highest BCUT2D eigenvalue weighted by Gasteiger charge is 2.32. The molecule has 0 fully saturated rings. The third-order valence-corrected chi connectivity index (χ3v) is 4.21. The van der Waals surface area contributed by atoms with Crippen molar-refractivity contribution < 1.29 is 13.9 Å². The molecule has 1 aliphatic heterocycles. The van der Waals surface area contributed by atoms with E-state index in [9.17, 15) is 9.18 Å². The van der Waals surface area contributed by atoms with Crippen LogP contribution in [0.25, 0.3) is 0 Å². The van der Waals surface area contributed by atoms with Gasteiger partial charge in [-0.05, 0) is 19.1 Å².